The molecule has 0 saturated carbocycles. The lowest BCUT2D eigenvalue weighted by Gasteiger charge is -2.27. The van der Waals surface area contributed by atoms with Gasteiger partial charge in [-0.05, 0) is 46.0 Å². The second-order valence-electron chi connectivity index (χ2n) is 16.2. The molecule has 0 bridgehead atoms. The number of imidazole rings is 1. The molecule has 0 aromatic carbocycles. The number of nitrogens with zero attached hydrogens (tertiary/aromatic N) is 2. The summed E-state index contributed by atoms with van der Waals surface area (Å²) in [4.78, 5) is 150. The van der Waals surface area contributed by atoms with Gasteiger partial charge in [-0.25, -0.2) is 9.78 Å². The highest BCUT2D eigenvalue weighted by atomic mass is 32.1. The molecule has 0 aliphatic rings. The van der Waals surface area contributed by atoms with Crippen LogP contribution in [0.4, 0.5) is 4.79 Å². The predicted octanol–water partition coefficient (Wildman–Crippen LogP) is -5.07. The minimum atomic E-state index is -1.80. The molecule has 5 atom stereocenters. The third-order valence-electron chi connectivity index (χ3n) is 8.70. The number of aliphatic carboxylic acids is 1. The maximum Gasteiger partial charge on any atom is 0.408 e. The van der Waals surface area contributed by atoms with Crippen LogP contribution < -0.4 is 59.3 Å². The molecular formula is C39H64N14O14S. The first-order valence-electron chi connectivity index (χ1n) is 21.0. The van der Waals surface area contributed by atoms with E-state index in [1.807, 2.05) is 0 Å². The van der Waals surface area contributed by atoms with E-state index >= 15 is 0 Å². The molecule has 0 aliphatic carbocycles. The molecule has 1 aromatic heterocycles. The third kappa shape index (κ3) is 25.5. The van der Waals surface area contributed by atoms with Gasteiger partial charge in [0.1, 0.15) is 42.4 Å². The second kappa shape index (κ2) is 30.2. The van der Waals surface area contributed by atoms with E-state index in [1.165, 1.54) is 12.5 Å². The van der Waals surface area contributed by atoms with Crippen LogP contribution in [0, 0.1) is 5.92 Å². The molecule has 0 spiro atoms. The molecule has 9 amide bonds. The molecule has 380 valence electrons. The first-order chi connectivity index (χ1) is 31.8. The number of carbonyl (C=O) groups excluding carboxylic acids is 10. The third-order valence-corrected chi connectivity index (χ3v) is 9.07. The highest BCUT2D eigenvalue weighted by molar-refractivity contribution is 7.80. The highest BCUT2D eigenvalue weighted by Crippen LogP contribution is 2.10. The van der Waals surface area contributed by atoms with Gasteiger partial charge in [-0.15, -0.1) is 0 Å². The van der Waals surface area contributed by atoms with Crippen molar-refractivity contribution in [3.63, 3.8) is 0 Å². The largest absolute Gasteiger partial charge is 0.481 e. The van der Waals surface area contributed by atoms with Crippen molar-refractivity contribution in [2.45, 2.75) is 103 Å². The Morgan fingerprint density at radius 3 is 1.82 bits per heavy atom. The summed E-state index contributed by atoms with van der Waals surface area (Å²) in [5.74, 6) is -10.1. The quantitative estimate of drug-likeness (QED) is 0.0117. The zero-order chi connectivity index (χ0) is 51.6. The fourth-order valence-electron chi connectivity index (χ4n) is 5.52. The van der Waals surface area contributed by atoms with Gasteiger partial charge in [0.05, 0.1) is 39.5 Å². The fraction of sp³-hybridized carbons (Fsp3) is 0.615. The number of H-pyrrole nitrogens is 1. The number of carboxylic acids is 1. The number of nitrogens with two attached hydrogens (primary N) is 2. The van der Waals surface area contributed by atoms with Gasteiger partial charge in [0.2, 0.25) is 47.3 Å². The predicted molar refractivity (Wildman–Crippen MR) is 243 cm³/mol. The number of methoxy groups -OCH3 is 1. The lowest BCUT2D eigenvalue weighted by atomic mass is 10.0. The van der Waals surface area contributed by atoms with Crippen molar-refractivity contribution in [1.29, 1.82) is 0 Å². The maximum atomic E-state index is 13.9. The zero-order valence-electron chi connectivity index (χ0n) is 38.6. The van der Waals surface area contributed by atoms with Gasteiger partial charge in [0.25, 0.3) is 0 Å². The standard InChI is InChI=1S/C39H64N14O14S/c1-20(2)10-23(35(63)52-24(11-21-13-42-19-48-21)32(60)47-17-31(59)66-6)51-34(62)22(8-7-9-43-37(40)41)50-36(64)25(12-30(57)58)49-29(56)16-45-27(54)14-44-28(55)15-46-33(61)26(18-68)53-38(65)67-39(3,4)5/h13,19-20,22-26,68H,7-12,14-18H2,1-6H3,(H,42,48)(H,44,55)(H,45,54)(H,46,61)(H,47,60)(H,49,56)(H,50,64)(H,51,62)(H,52,63)(H,53,65)(H,57,58)(H4,40,41,43). The van der Waals surface area contributed by atoms with Crippen molar-refractivity contribution < 1.29 is 67.3 Å². The van der Waals surface area contributed by atoms with Crippen LogP contribution in [0.3, 0.4) is 0 Å². The van der Waals surface area contributed by atoms with E-state index in [1.54, 1.807) is 34.6 Å². The number of rotatable bonds is 29. The van der Waals surface area contributed by atoms with Crippen LogP contribution in [-0.4, -0.2) is 168 Å². The van der Waals surface area contributed by atoms with Gasteiger partial charge in [0.15, 0.2) is 5.96 Å². The number of amides is 9. The summed E-state index contributed by atoms with van der Waals surface area (Å²) in [6.45, 7) is 5.77. The van der Waals surface area contributed by atoms with Crippen molar-refractivity contribution in [1.82, 2.24) is 57.8 Å². The molecule has 15 N–H and O–H groups in total. The monoisotopic (exact) mass is 984 g/mol. The van der Waals surface area contributed by atoms with E-state index in [0.717, 1.165) is 7.11 Å². The number of aliphatic imine (C=N–C) groups is 1. The summed E-state index contributed by atoms with van der Waals surface area (Å²) in [5.41, 5.74) is 10.4. The second-order valence-corrected chi connectivity index (χ2v) is 16.6. The average molecular weight is 985 g/mol. The van der Waals surface area contributed by atoms with E-state index in [4.69, 9.17) is 16.2 Å². The number of carbonyl (C=O) groups is 11. The number of nitrogens with one attached hydrogen (secondary N) is 10. The Labute approximate surface area is 396 Å². The Morgan fingerprint density at radius 1 is 0.735 bits per heavy atom. The van der Waals surface area contributed by atoms with Gasteiger partial charge < -0.3 is 78.9 Å². The number of hydrogen-bond donors (Lipinski definition) is 14. The molecule has 0 fully saturated rings. The molecule has 1 rings (SSSR count). The molecule has 5 unspecified atom stereocenters. The number of esters is 1. The number of ether oxygens (including phenoxy) is 2. The zero-order valence-corrected chi connectivity index (χ0v) is 39.5. The molecule has 1 heterocycles. The fourth-order valence-corrected chi connectivity index (χ4v) is 5.78. The molecule has 29 heteroatoms. The number of guanidine groups is 1. The van der Waals surface area contributed by atoms with Gasteiger partial charge in [-0.3, -0.25) is 52.9 Å². The van der Waals surface area contributed by atoms with Crippen LogP contribution >= 0.6 is 12.6 Å². The first kappa shape index (κ1) is 58.8. The summed E-state index contributed by atoms with van der Waals surface area (Å²) in [7, 11) is 1.12. The van der Waals surface area contributed by atoms with Crippen LogP contribution in [0.1, 0.15) is 66.0 Å². The Bertz CT molecular complexity index is 1940. The van der Waals surface area contributed by atoms with Crippen molar-refractivity contribution in [2.75, 3.05) is 45.6 Å². The maximum absolute atomic E-state index is 13.9. The topological polar surface area (TPSA) is 428 Å². The molecule has 0 saturated heterocycles. The highest BCUT2D eigenvalue weighted by Gasteiger charge is 2.33. The van der Waals surface area contributed by atoms with E-state index in [0.29, 0.717) is 5.69 Å². The number of alkyl carbamates (subject to hydrolysis) is 1. The molecule has 0 radical (unpaired) electrons. The number of hydrogen-bond acceptors (Lipinski definition) is 16. The molecule has 1 aromatic rings. The van der Waals surface area contributed by atoms with Crippen molar-refractivity contribution in [3.8, 4) is 0 Å². The van der Waals surface area contributed by atoms with Gasteiger partial charge >= 0.3 is 18.0 Å². The van der Waals surface area contributed by atoms with E-state index < -0.39 is 134 Å². The van der Waals surface area contributed by atoms with Gasteiger partial charge in [-0.2, -0.15) is 12.6 Å². The average Bonchev–Trinajstić information content (AvgIpc) is 3.77. The van der Waals surface area contributed by atoms with Crippen molar-refractivity contribution in [3.05, 3.63) is 18.2 Å². The minimum Gasteiger partial charge on any atom is -0.481 e. The van der Waals surface area contributed by atoms with Gasteiger partial charge in [0, 0.05) is 30.6 Å². The van der Waals surface area contributed by atoms with Crippen LogP contribution in [0.2, 0.25) is 0 Å². The van der Waals surface area contributed by atoms with Gasteiger partial charge in [-0.1, -0.05) is 13.8 Å². The summed E-state index contributed by atoms with van der Waals surface area (Å²) in [5, 5.41) is 30.6. The molecule has 0 aliphatic heterocycles. The number of aromatic nitrogens is 2. The summed E-state index contributed by atoms with van der Waals surface area (Å²) >= 11 is 4.02. The Kier molecular flexibility index (Phi) is 26.1. The van der Waals surface area contributed by atoms with Crippen LogP contribution in [0.5, 0.6) is 0 Å². The van der Waals surface area contributed by atoms with E-state index in [9.17, 15) is 57.8 Å². The number of carboxylic acid groups (broad SMARTS) is 1. The molecule has 68 heavy (non-hydrogen) atoms. The minimum absolute atomic E-state index is 0.0121. The van der Waals surface area contributed by atoms with Crippen molar-refractivity contribution in [2.24, 2.45) is 22.4 Å². The smallest absolute Gasteiger partial charge is 0.408 e. The lowest BCUT2D eigenvalue weighted by molar-refractivity contribution is -0.142. The molecule has 28 nitrogen and oxygen atoms in total. The van der Waals surface area contributed by atoms with E-state index in [2.05, 4.69) is 80.2 Å². The van der Waals surface area contributed by atoms with Crippen LogP contribution in [0.25, 0.3) is 0 Å². The van der Waals surface area contributed by atoms with Crippen molar-refractivity contribution >= 4 is 83.9 Å². The normalized spacial score (nSPS) is 13.1. The summed E-state index contributed by atoms with van der Waals surface area (Å²) < 4.78 is 9.65. The van der Waals surface area contributed by atoms with Crippen LogP contribution in [-0.2, 0) is 63.8 Å². The number of aromatic amines is 1. The van der Waals surface area contributed by atoms with Crippen LogP contribution in [0.15, 0.2) is 17.5 Å². The Morgan fingerprint density at radius 2 is 1.28 bits per heavy atom. The van der Waals surface area contributed by atoms with E-state index in [-0.39, 0.29) is 49.9 Å². The Balaban J connectivity index is 3.05. The summed E-state index contributed by atoms with van der Waals surface area (Å²) in [6.07, 6.45) is 0.746. The number of thiol groups is 1. The SMILES string of the molecule is COC(=O)CNC(=O)C(Cc1cnc[nH]1)NC(=O)C(CC(C)C)NC(=O)C(CCCN=C(N)N)NC(=O)C(CC(=O)O)NC(=O)CNC(=O)CNC(=O)CNC(=O)C(CS)NC(=O)OC(C)(C)C. The summed E-state index contributed by atoms with van der Waals surface area (Å²) in [6, 6.07) is -7.02. The first-order valence-corrected chi connectivity index (χ1v) is 21.7. The Hall–Kier alpha value is -7.20. The lowest BCUT2D eigenvalue weighted by Crippen LogP contribution is -2.59. The molecular weight excluding hydrogens is 921 g/mol.